The second-order valence-corrected chi connectivity index (χ2v) is 2.46. The summed E-state index contributed by atoms with van der Waals surface area (Å²) in [6, 6.07) is 0.126. The third-order valence-electron chi connectivity index (χ3n) is 1.45. The first-order chi connectivity index (χ1) is 5.22. The van der Waals surface area contributed by atoms with E-state index in [-0.39, 0.29) is 6.04 Å². The minimum atomic E-state index is 0.126. The second-order valence-electron chi connectivity index (χ2n) is 2.46. The molecule has 0 amide bonds. The third kappa shape index (κ3) is 4.57. The Hall–Kier alpha value is -0.820. The van der Waals surface area contributed by atoms with Crippen LogP contribution in [0, 0.1) is 0 Å². The van der Waals surface area contributed by atoms with Gasteiger partial charge in [-0.05, 0) is 26.3 Å². The van der Waals surface area contributed by atoms with E-state index in [1.165, 1.54) is 5.57 Å². The van der Waals surface area contributed by atoms with Crippen LogP contribution >= 0.6 is 0 Å². The van der Waals surface area contributed by atoms with Crippen LogP contribution in [-0.4, -0.2) is 6.04 Å². The zero-order chi connectivity index (χ0) is 8.69. The lowest BCUT2D eigenvalue weighted by Gasteiger charge is -2.03. The highest BCUT2D eigenvalue weighted by Crippen LogP contribution is 2.00. The Labute approximate surface area is 69.3 Å². The Morgan fingerprint density at radius 3 is 2.27 bits per heavy atom. The van der Waals surface area contributed by atoms with Crippen LogP contribution in [0.25, 0.3) is 0 Å². The van der Waals surface area contributed by atoms with E-state index in [1.54, 1.807) is 0 Å². The van der Waals surface area contributed by atoms with E-state index < -0.39 is 0 Å². The average molecular weight is 151 g/mol. The summed E-state index contributed by atoms with van der Waals surface area (Å²) < 4.78 is 0. The van der Waals surface area contributed by atoms with Crippen molar-refractivity contribution in [2.45, 2.75) is 26.8 Å². The van der Waals surface area contributed by atoms with E-state index in [2.05, 4.69) is 0 Å². The van der Waals surface area contributed by atoms with Gasteiger partial charge in [0, 0.05) is 6.04 Å². The van der Waals surface area contributed by atoms with Crippen molar-refractivity contribution in [3.05, 3.63) is 36.0 Å². The Morgan fingerprint density at radius 2 is 1.91 bits per heavy atom. The summed E-state index contributed by atoms with van der Waals surface area (Å²) in [7, 11) is 0. The number of rotatable bonds is 3. The molecule has 0 unspecified atom stereocenters. The number of allylic oxidation sites excluding steroid dienone is 4. The topological polar surface area (TPSA) is 26.0 Å². The number of hydrogen-bond acceptors (Lipinski definition) is 1. The van der Waals surface area contributed by atoms with E-state index in [4.69, 9.17) is 5.73 Å². The predicted molar refractivity (Wildman–Crippen MR) is 51.4 cm³/mol. The summed E-state index contributed by atoms with van der Waals surface area (Å²) in [4.78, 5) is 0. The SMILES string of the molecule is C\C=C/C=C\C(=C/C)[C@H](C)N. The lowest BCUT2D eigenvalue weighted by atomic mass is 10.1. The molecule has 0 spiro atoms. The van der Waals surface area contributed by atoms with Crippen LogP contribution in [0.3, 0.4) is 0 Å². The van der Waals surface area contributed by atoms with Crippen molar-refractivity contribution in [2.75, 3.05) is 0 Å². The normalized spacial score (nSPS) is 16.5. The summed E-state index contributed by atoms with van der Waals surface area (Å²) in [6.45, 7) is 5.97. The first kappa shape index (κ1) is 10.2. The fourth-order valence-corrected chi connectivity index (χ4v) is 0.789. The maximum atomic E-state index is 5.69. The molecule has 1 heteroatoms. The fourth-order valence-electron chi connectivity index (χ4n) is 0.789. The summed E-state index contributed by atoms with van der Waals surface area (Å²) in [5, 5.41) is 0. The van der Waals surface area contributed by atoms with E-state index in [1.807, 2.05) is 51.2 Å². The Morgan fingerprint density at radius 1 is 1.27 bits per heavy atom. The lowest BCUT2D eigenvalue weighted by molar-refractivity contribution is 0.883. The number of hydrogen-bond donors (Lipinski definition) is 1. The van der Waals surface area contributed by atoms with Crippen molar-refractivity contribution in [3.8, 4) is 0 Å². The predicted octanol–water partition coefficient (Wildman–Crippen LogP) is 2.41. The third-order valence-corrected chi connectivity index (χ3v) is 1.45. The van der Waals surface area contributed by atoms with E-state index in [9.17, 15) is 0 Å². The Balaban J connectivity index is 4.10. The van der Waals surface area contributed by atoms with Crippen LogP contribution in [0.15, 0.2) is 36.0 Å². The zero-order valence-corrected chi connectivity index (χ0v) is 7.54. The molecule has 0 aromatic carbocycles. The van der Waals surface area contributed by atoms with Crippen LogP contribution in [0.4, 0.5) is 0 Å². The van der Waals surface area contributed by atoms with Gasteiger partial charge in [0.2, 0.25) is 0 Å². The van der Waals surface area contributed by atoms with Crippen molar-refractivity contribution in [1.29, 1.82) is 0 Å². The smallest absolute Gasteiger partial charge is 0.0262 e. The van der Waals surface area contributed by atoms with Crippen LogP contribution in [0.1, 0.15) is 20.8 Å². The molecule has 0 aromatic rings. The largest absolute Gasteiger partial charge is 0.324 e. The van der Waals surface area contributed by atoms with Gasteiger partial charge in [-0.1, -0.05) is 30.4 Å². The highest BCUT2D eigenvalue weighted by molar-refractivity contribution is 5.25. The summed E-state index contributed by atoms with van der Waals surface area (Å²) in [5.41, 5.74) is 6.86. The van der Waals surface area contributed by atoms with Crippen molar-refractivity contribution in [1.82, 2.24) is 0 Å². The van der Waals surface area contributed by atoms with Crippen LogP contribution in [0.2, 0.25) is 0 Å². The molecule has 0 fully saturated rings. The number of nitrogens with two attached hydrogens (primary N) is 1. The van der Waals surface area contributed by atoms with Gasteiger partial charge in [-0.3, -0.25) is 0 Å². The monoisotopic (exact) mass is 151 g/mol. The van der Waals surface area contributed by atoms with Crippen LogP contribution < -0.4 is 5.73 Å². The lowest BCUT2D eigenvalue weighted by Crippen LogP contribution is -2.16. The molecule has 62 valence electrons. The van der Waals surface area contributed by atoms with Crippen molar-refractivity contribution in [2.24, 2.45) is 5.73 Å². The Bertz CT molecular complexity index is 173. The van der Waals surface area contributed by atoms with E-state index >= 15 is 0 Å². The molecule has 1 atom stereocenters. The van der Waals surface area contributed by atoms with E-state index in [0.29, 0.717) is 0 Å². The molecule has 0 aliphatic heterocycles. The van der Waals surface area contributed by atoms with Crippen molar-refractivity contribution < 1.29 is 0 Å². The molecule has 0 bridgehead atoms. The average Bonchev–Trinajstić information content (AvgIpc) is 1.97. The molecule has 0 aromatic heterocycles. The molecule has 0 heterocycles. The van der Waals surface area contributed by atoms with Gasteiger partial charge in [0.1, 0.15) is 0 Å². The van der Waals surface area contributed by atoms with Gasteiger partial charge < -0.3 is 5.73 Å². The highest BCUT2D eigenvalue weighted by Gasteiger charge is 1.94. The first-order valence-electron chi connectivity index (χ1n) is 3.93. The van der Waals surface area contributed by atoms with E-state index in [0.717, 1.165) is 0 Å². The molecular formula is C10H17N. The van der Waals surface area contributed by atoms with Gasteiger partial charge in [0.05, 0.1) is 0 Å². The molecule has 2 N–H and O–H groups in total. The second kappa shape index (κ2) is 5.93. The molecule has 0 radical (unpaired) electrons. The van der Waals surface area contributed by atoms with Gasteiger partial charge in [-0.25, -0.2) is 0 Å². The molecular weight excluding hydrogens is 134 g/mol. The van der Waals surface area contributed by atoms with Crippen LogP contribution in [0.5, 0.6) is 0 Å². The molecule has 0 aliphatic carbocycles. The molecule has 0 aliphatic rings. The minimum Gasteiger partial charge on any atom is -0.324 e. The summed E-state index contributed by atoms with van der Waals surface area (Å²) in [5.74, 6) is 0. The maximum absolute atomic E-state index is 5.69. The van der Waals surface area contributed by atoms with Crippen molar-refractivity contribution in [3.63, 3.8) is 0 Å². The highest BCUT2D eigenvalue weighted by atomic mass is 14.6. The molecule has 0 rings (SSSR count). The zero-order valence-electron chi connectivity index (χ0n) is 7.54. The van der Waals surface area contributed by atoms with Gasteiger partial charge >= 0.3 is 0 Å². The molecule has 1 nitrogen and oxygen atoms in total. The van der Waals surface area contributed by atoms with Gasteiger partial charge in [-0.2, -0.15) is 0 Å². The molecule has 0 saturated heterocycles. The molecule has 11 heavy (non-hydrogen) atoms. The minimum absolute atomic E-state index is 0.126. The maximum Gasteiger partial charge on any atom is 0.0262 e. The van der Waals surface area contributed by atoms with Crippen LogP contribution in [-0.2, 0) is 0 Å². The first-order valence-corrected chi connectivity index (χ1v) is 3.93. The quantitative estimate of drug-likeness (QED) is 0.616. The van der Waals surface area contributed by atoms with Gasteiger partial charge in [0.15, 0.2) is 0 Å². The standard InChI is InChI=1S/C10H17N/c1-4-6-7-8-10(5-2)9(3)11/h4-9H,11H2,1-3H3/b6-4-,8-7-,10-5+/t9-/m0/s1. The molecule has 0 saturated carbocycles. The summed E-state index contributed by atoms with van der Waals surface area (Å²) in [6.07, 6.45) is 10.0. The van der Waals surface area contributed by atoms with Crippen molar-refractivity contribution >= 4 is 0 Å². The summed E-state index contributed by atoms with van der Waals surface area (Å²) >= 11 is 0. The van der Waals surface area contributed by atoms with Gasteiger partial charge in [-0.15, -0.1) is 0 Å². The van der Waals surface area contributed by atoms with Gasteiger partial charge in [0.25, 0.3) is 0 Å². The Kier molecular flexibility index (Phi) is 5.49. The fraction of sp³-hybridized carbons (Fsp3) is 0.400.